The number of nitrogens with two attached hydrogens (primary N) is 2. The lowest BCUT2D eigenvalue weighted by Gasteiger charge is -2.27. The number of hydrogen-bond acceptors (Lipinski definition) is 9. The van der Waals surface area contributed by atoms with Crippen LogP contribution in [0.2, 0.25) is 0 Å². The topological polar surface area (TPSA) is 189 Å². The van der Waals surface area contributed by atoms with E-state index in [9.17, 15) is 18.0 Å². The molecule has 1 unspecified atom stereocenters. The van der Waals surface area contributed by atoms with Crippen LogP contribution < -0.4 is 27.6 Å². The fourth-order valence-electron chi connectivity index (χ4n) is 3.72. The normalized spacial score (nSPS) is 15.8. The molecular formula is C25H32N6O5S. The number of nitrogens with one attached hydrogen (secondary N) is 4. The summed E-state index contributed by atoms with van der Waals surface area (Å²) in [5.74, 6) is -0.897. The molecule has 1 atom stereocenters. The summed E-state index contributed by atoms with van der Waals surface area (Å²) in [4.78, 5) is 31.6. The highest BCUT2D eigenvalue weighted by atomic mass is 32.2. The predicted octanol–water partition coefficient (Wildman–Crippen LogP) is 1.19. The van der Waals surface area contributed by atoms with Gasteiger partial charge in [-0.25, -0.2) is 8.42 Å². The summed E-state index contributed by atoms with van der Waals surface area (Å²) in [5.41, 5.74) is 15.9. The second kappa shape index (κ2) is 12.0. The summed E-state index contributed by atoms with van der Waals surface area (Å²) < 4.78 is 25.6. The van der Waals surface area contributed by atoms with Crippen molar-refractivity contribution in [2.45, 2.75) is 43.8 Å². The summed E-state index contributed by atoms with van der Waals surface area (Å²) in [5, 5.41) is 13.0. The van der Waals surface area contributed by atoms with E-state index in [1.54, 1.807) is 31.3 Å². The van der Waals surface area contributed by atoms with Crippen molar-refractivity contribution in [3.63, 3.8) is 0 Å². The van der Waals surface area contributed by atoms with Gasteiger partial charge in [-0.15, -0.1) is 5.48 Å². The molecule has 0 saturated carbocycles. The summed E-state index contributed by atoms with van der Waals surface area (Å²) in [7, 11) is -2.04. The highest BCUT2D eigenvalue weighted by Crippen LogP contribution is 2.30. The van der Waals surface area contributed by atoms with Crippen molar-refractivity contribution < 1.29 is 22.8 Å². The number of Topliss-reactive ketones (excluding diaryl/α,β-unsaturated/α-hetero) is 1. The van der Waals surface area contributed by atoms with E-state index < -0.39 is 27.7 Å². The van der Waals surface area contributed by atoms with Crippen molar-refractivity contribution in [2.75, 3.05) is 18.5 Å². The number of amides is 1. The molecule has 8 N–H and O–H groups in total. The molecule has 3 rings (SSSR count). The van der Waals surface area contributed by atoms with Gasteiger partial charge in [0.2, 0.25) is 5.91 Å². The third-order valence-corrected chi connectivity index (χ3v) is 7.59. The maximum absolute atomic E-state index is 13.1. The highest BCUT2D eigenvalue weighted by Gasteiger charge is 2.33. The number of ketones is 1. The number of rotatable bonds is 11. The minimum atomic E-state index is -3.60. The molecule has 0 fully saturated rings. The minimum absolute atomic E-state index is 0.0213. The first kappa shape index (κ1) is 27.8. The number of carbonyl (C=O) groups is 2. The van der Waals surface area contributed by atoms with Gasteiger partial charge in [-0.3, -0.25) is 20.3 Å². The number of nitrogen functional groups attached to an aromatic ring is 2. The van der Waals surface area contributed by atoms with Gasteiger partial charge in [-0.2, -0.15) is 0 Å². The Bertz CT molecular complexity index is 1320. The maximum atomic E-state index is 13.1. The van der Waals surface area contributed by atoms with Crippen LogP contribution in [0.1, 0.15) is 42.9 Å². The van der Waals surface area contributed by atoms with Gasteiger partial charge < -0.3 is 21.6 Å². The van der Waals surface area contributed by atoms with E-state index >= 15 is 0 Å². The van der Waals surface area contributed by atoms with Crippen molar-refractivity contribution in [2.24, 2.45) is 5.73 Å². The van der Waals surface area contributed by atoms with Crippen LogP contribution >= 0.6 is 0 Å². The van der Waals surface area contributed by atoms with Crippen LogP contribution in [0.5, 0.6) is 0 Å². The zero-order chi connectivity index (χ0) is 27.2. The number of unbranched alkanes of at least 4 members (excludes halogenated alkanes) is 1. The van der Waals surface area contributed by atoms with Crippen molar-refractivity contribution >= 4 is 38.8 Å². The van der Waals surface area contributed by atoms with Crippen LogP contribution in [-0.2, 0) is 30.8 Å². The van der Waals surface area contributed by atoms with Crippen LogP contribution in [0, 0.1) is 5.41 Å². The molecule has 1 aliphatic rings. The van der Waals surface area contributed by atoms with Gasteiger partial charge in [0.15, 0.2) is 27.5 Å². The molecule has 0 aromatic heterocycles. The summed E-state index contributed by atoms with van der Waals surface area (Å²) in [6.45, 7) is 2.09. The fraction of sp³-hybridized carbons (Fsp3) is 0.320. The number of sulfone groups is 1. The van der Waals surface area contributed by atoms with Gasteiger partial charge in [-0.1, -0.05) is 37.6 Å². The molecule has 37 heavy (non-hydrogen) atoms. The Kier molecular flexibility index (Phi) is 9.03. The second-order valence-corrected chi connectivity index (χ2v) is 10.7. The van der Waals surface area contributed by atoms with E-state index in [4.69, 9.17) is 21.7 Å². The van der Waals surface area contributed by atoms with Crippen LogP contribution in [-0.4, -0.2) is 44.9 Å². The largest absolute Gasteiger partial charge is 0.406 e. The lowest BCUT2D eigenvalue weighted by molar-refractivity contribution is -0.126. The van der Waals surface area contributed by atoms with Gasteiger partial charge in [0.1, 0.15) is 5.84 Å². The second-order valence-electron chi connectivity index (χ2n) is 8.64. The van der Waals surface area contributed by atoms with Gasteiger partial charge in [0, 0.05) is 23.4 Å². The van der Waals surface area contributed by atoms with Gasteiger partial charge >= 0.3 is 0 Å². The number of anilines is 1. The molecule has 0 bridgehead atoms. The lowest BCUT2D eigenvalue weighted by atomic mass is 9.98. The predicted molar refractivity (Wildman–Crippen MR) is 141 cm³/mol. The van der Waals surface area contributed by atoms with Crippen molar-refractivity contribution in [3.05, 3.63) is 64.7 Å². The van der Waals surface area contributed by atoms with Gasteiger partial charge in [0.25, 0.3) is 0 Å². The molecule has 1 amide bonds. The summed E-state index contributed by atoms with van der Waals surface area (Å²) in [6.07, 6.45) is 0.0247. The van der Waals surface area contributed by atoms with E-state index in [1.165, 1.54) is 18.2 Å². The molecule has 0 spiro atoms. The lowest BCUT2D eigenvalue weighted by Crippen LogP contribution is -2.50. The summed E-state index contributed by atoms with van der Waals surface area (Å²) in [6, 6.07) is 11.1. The fourth-order valence-corrected chi connectivity index (χ4v) is 5.25. The average molecular weight is 529 g/mol. The first-order valence-electron chi connectivity index (χ1n) is 11.8. The molecule has 11 nitrogen and oxygen atoms in total. The van der Waals surface area contributed by atoms with Crippen LogP contribution in [0.4, 0.5) is 5.69 Å². The number of carbonyl (C=O) groups excluding carboxylic acids is 2. The molecule has 198 valence electrons. The Morgan fingerprint density at radius 2 is 1.89 bits per heavy atom. The molecular weight excluding hydrogens is 496 g/mol. The number of amidine groups is 1. The van der Waals surface area contributed by atoms with Crippen molar-refractivity contribution in [1.29, 1.82) is 5.41 Å². The highest BCUT2D eigenvalue weighted by molar-refractivity contribution is 7.91. The van der Waals surface area contributed by atoms with E-state index in [0.29, 0.717) is 18.4 Å². The standard InChI is InChI=1S/C25H32N6O5S/c1-3-4-9-37(34,35)19-11-17(10-18(26)12-19)23-20(22(33)25(29-2)31-36-23)13-21(32)30-14-15-5-7-16(8-6-15)24(27)28/h5-8,10-12,25,29,31H,3-4,9,13-14,26H2,1-2H3,(H3,27,28)(H,30,32). The van der Waals surface area contributed by atoms with Crippen molar-refractivity contribution in [1.82, 2.24) is 16.1 Å². The maximum Gasteiger partial charge on any atom is 0.224 e. The Balaban J connectivity index is 1.89. The first-order chi connectivity index (χ1) is 17.6. The molecule has 2 aromatic rings. The van der Waals surface area contributed by atoms with Crippen LogP contribution in [0.15, 0.2) is 52.9 Å². The van der Waals surface area contributed by atoms with E-state index in [-0.39, 0.29) is 52.0 Å². The van der Waals surface area contributed by atoms with E-state index in [0.717, 1.165) is 5.56 Å². The van der Waals surface area contributed by atoms with E-state index in [2.05, 4.69) is 16.1 Å². The Labute approximate surface area is 216 Å². The zero-order valence-corrected chi connectivity index (χ0v) is 21.6. The SMILES string of the molecule is CCCCS(=O)(=O)c1cc(N)cc(C2=C(CC(=O)NCc3ccc(C(=N)N)cc3)C(=O)C(NC)NO2)c1. The number of hydroxylamine groups is 1. The third-order valence-electron chi connectivity index (χ3n) is 5.81. The zero-order valence-electron chi connectivity index (χ0n) is 20.8. The molecule has 0 saturated heterocycles. The Morgan fingerprint density at radius 3 is 2.51 bits per heavy atom. The molecule has 0 radical (unpaired) electrons. The molecule has 12 heteroatoms. The summed E-state index contributed by atoms with van der Waals surface area (Å²) >= 11 is 0. The molecule has 0 aliphatic carbocycles. The Hall–Kier alpha value is -3.74. The van der Waals surface area contributed by atoms with E-state index in [1.807, 2.05) is 6.92 Å². The molecule has 2 aromatic carbocycles. The molecule has 1 aliphatic heterocycles. The van der Waals surface area contributed by atoms with Gasteiger partial charge in [0.05, 0.1) is 22.6 Å². The first-order valence-corrected chi connectivity index (χ1v) is 13.4. The number of hydrogen-bond donors (Lipinski definition) is 6. The number of benzene rings is 2. The smallest absolute Gasteiger partial charge is 0.224 e. The number of likely N-dealkylation sites (N-methyl/N-ethyl adjacent to an activating group) is 1. The quantitative estimate of drug-likeness (QED) is 0.141. The van der Waals surface area contributed by atoms with Gasteiger partial charge in [-0.05, 0) is 37.2 Å². The molecule has 1 heterocycles. The van der Waals surface area contributed by atoms with Crippen molar-refractivity contribution in [3.8, 4) is 0 Å². The minimum Gasteiger partial charge on any atom is -0.406 e. The average Bonchev–Trinajstić information content (AvgIpc) is 2.87. The van der Waals surface area contributed by atoms with Crippen LogP contribution in [0.25, 0.3) is 5.76 Å². The monoisotopic (exact) mass is 528 g/mol. The van der Waals surface area contributed by atoms with Crippen LogP contribution in [0.3, 0.4) is 0 Å². The third kappa shape index (κ3) is 6.94. The Morgan fingerprint density at radius 1 is 1.19 bits per heavy atom.